The van der Waals surface area contributed by atoms with Crippen molar-refractivity contribution < 1.29 is 22.4 Å². The van der Waals surface area contributed by atoms with Gasteiger partial charge in [-0.2, -0.15) is 8.42 Å². The molecule has 0 aromatic heterocycles. The number of hydrogen-bond acceptors (Lipinski definition) is 5. The fourth-order valence-electron chi connectivity index (χ4n) is 3.72. The van der Waals surface area contributed by atoms with E-state index in [1.54, 1.807) is 12.1 Å². The lowest BCUT2D eigenvalue weighted by Gasteiger charge is -2.15. The van der Waals surface area contributed by atoms with Crippen molar-refractivity contribution in [3.8, 4) is 0 Å². The minimum Gasteiger partial charge on any atom is -0.394 e. The number of aliphatic hydroxyl groups excluding tert-OH is 1. The summed E-state index contributed by atoms with van der Waals surface area (Å²) in [5.41, 5.74) is 0.969. The Morgan fingerprint density at radius 2 is 1.35 bits per heavy atom. The van der Waals surface area contributed by atoms with E-state index in [9.17, 15) is 13.5 Å². The van der Waals surface area contributed by atoms with Crippen LogP contribution in [0.5, 0.6) is 0 Å². The molecule has 0 aliphatic carbocycles. The second-order valence-corrected chi connectivity index (χ2v) is 10.8. The SMILES string of the molecule is CCCCCCCC/C=C\CCCCCCCCOCC(CO)OS(=O)(=O)c1ccc(C)cc1. The summed E-state index contributed by atoms with van der Waals surface area (Å²) in [6, 6.07) is 6.45. The molecule has 6 heteroatoms. The Bertz CT molecular complexity index is 728. The number of rotatable bonds is 22. The molecule has 1 aromatic rings. The van der Waals surface area contributed by atoms with Crippen molar-refractivity contribution in [2.75, 3.05) is 19.8 Å². The van der Waals surface area contributed by atoms with Gasteiger partial charge in [0.25, 0.3) is 10.1 Å². The molecule has 196 valence electrons. The van der Waals surface area contributed by atoms with Gasteiger partial charge in [-0.1, -0.05) is 94.6 Å². The molecule has 0 spiro atoms. The molecular formula is C28H48O5S. The molecule has 0 aliphatic rings. The fourth-order valence-corrected chi connectivity index (χ4v) is 4.77. The van der Waals surface area contributed by atoms with E-state index in [1.807, 2.05) is 6.92 Å². The lowest BCUT2D eigenvalue weighted by atomic mass is 10.1. The molecule has 0 fully saturated rings. The molecule has 0 heterocycles. The zero-order valence-corrected chi connectivity index (χ0v) is 22.4. The maximum absolute atomic E-state index is 12.3. The van der Waals surface area contributed by atoms with Gasteiger partial charge in [0.15, 0.2) is 0 Å². The molecule has 1 N–H and O–H groups in total. The number of unbranched alkanes of at least 4 members (excludes halogenated alkanes) is 12. The van der Waals surface area contributed by atoms with Gasteiger partial charge in [0.05, 0.1) is 18.1 Å². The van der Waals surface area contributed by atoms with Gasteiger partial charge in [-0.25, -0.2) is 0 Å². The van der Waals surface area contributed by atoms with Crippen molar-refractivity contribution in [2.45, 2.75) is 115 Å². The predicted molar refractivity (Wildman–Crippen MR) is 141 cm³/mol. The molecule has 1 rings (SSSR count). The second-order valence-electron chi connectivity index (χ2n) is 9.18. The monoisotopic (exact) mass is 496 g/mol. The molecule has 0 aliphatic heterocycles. The van der Waals surface area contributed by atoms with Gasteiger partial charge in [-0.05, 0) is 51.2 Å². The summed E-state index contributed by atoms with van der Waals surface area (Å²) in [5.74, 6) is 0. The van der Waals surface area contributed by atoms with E-state index in [-0.39, 0.29) is 11.5 Å². The maximum atomic E-state index is 12.3. The van der Waals surface area contributed by atoms with Crippen LogP contribution in [0.3, 0.4) is 0 Å². The van der Waals surface area contributed by atoms with Gasteiger partial charge in [0, 0.05) is 6.61 Å². The van der Waals surface area contributed by atoms with Crippen molar-refractivity contribution in [3.63, 3.8) is 0 Å². The summed E-state index contributed by atoms with van der Waals surface area (Å²) in [6.45, 7) is 4.35. The second kappa shape index (κ2) is 20.0. The Kier molecular flexibility index (Phi) is 18.2. The van der Waals surface area contributed by atoms with Crippen LogP contribution >= 0.6 is 0 Å². The van der Waals surface area contributed by atoms with E-state index >= 15 is 0 Å². The number of hydrogen-bond donors (Lipinski definition) is 1. The normalized spacial score (nSPS) is 13.0. The van der Waals surface area contributed by atoms with Gasteiger partial charge in [0.2, 0.25) is 0 Å². The summed E-state index contributed by atoms with van der Waals surface area (Å²) < 4.78 is 35.3. The Morgan fingerprint density at radius 1 is 0.824 bits per heavy atom. The molecule has 0 bridgehead atoms. The topological polar surface area (TPSA) is 72.8 Å². The van der Waals surface area contributed by atoms with E-state index < -0.39 is 22.8 Å². The van der Waals surface area contributed by atoms with E-state index in [0.29, 0.717) is 6.61 Å². The highest BCUT2D eigenvalue weighted by Crippen LogP contribution is 2.15. The molecule has 0 saturated heterocycles. The van der Waals surface area contributed by atoms with Crippen LogP contribution in [0.4, 0.5) is 0 Å². The first-order chi connectivity index (χ1) is 16.5. The fraction of sp³-hybridized carbons (Fsp3) is 0.714. The van der Waals surface area contributed by atoms with Crippen LogP contribution in [0.25, 0.3) is 0 Å². The molecule has 0 amide bonds. The average Bonchev–Trinajstić information content (AvgIpc) is 2.82. The standard InChI is InChI=1S/C28H48O5S/c1-3-4-5-6-7-8-9-10-11-12-13-14-15-16-17-18-23-32-25-27(24-29)33-34(30,31)28-21-19-26(2)20-22-28/h10-11,19-22,27,29H,3-9,12-18,23-25H2,1-2H3/b11-10-. The molecule has 1 aromatic carbocycles. The quantitative estimate of drug-likeness (QED) is 0.105. The number of aryl methyl sites for hydroxylation is 1. The molecule has 0 radical (unpaired) electrons. The van der Waals surface area contributed by atoms with Gasteiger partial charge < -0.3 is 9.84 Å². The molecule has 5 nitrogen and oxygen atoms in total. The Hall–Kier alpha value is -1.21. The summed E-state index contributed by atoms with van der Waals surface area (Å²) in [4.78, 5) is 0.0878. The summed E-state index contributed by atoms with van der Waals surface area (Å²) >= 11 is 0. The third-order valence-corrected chi connectivity index (χ3v) is 7.26. The molecular weight excluding hydrogens is 448 g/mol. The molecule has 1 atom stereocenters. The highest BCUT2D eigenvalue weighted by Gasteiger charge is 2.21. The van der Waals surface area contributed by atoms with Crippen LogP contribution in [0, 0.1) is 6.92 Å². The Morgan fingerprint density at radius 3 is 1.91 bits per heavy atom. The molecule has 1 unspecified atom stereocenters. The van der Waals surface area contributed by atoms with E-state index in [2.05, 4.69) is 19.1 Å². The van der Waals surface area contributed by atoms with Crippen molar-refractivity contribution >= 4 is 10.1 Å². The van der Waals surface area contributed by atoms with Crippen LogP contribution in [0.1, 0.15) is 102 Å². The van der Waals surface area contributed by atoms with Crippen LogP contribution in [0.15, 0.2) is 41.3 Å². The van der Waals surface area contributed by atoms with Crippen molar-refractivity contribution in [2.24, 2.45) is 0 Å². The third-order valence-electron chi connectivity index (χ3n) is 5.88. The molecule has 0 saturated carbocycles. The summed E-state index contributed by atoms with van der Waals surface area (Å²) in [5, 5.41) is 9.45. The number of ether oxygens (including phenoxy) is 1. The van der Waals surface area contributed by atoms with E-state index in [4.69, 9.17) is 8.92 Å². The van der Waals surface area contributed by atoms with Gasteiger partial charge in [0.1, 0.15) is 6.10 Å². The van der Waals surface area contributed by atoms with Crippen LogP contribution < -0.4 is 0 Å². The van der Waals surface area contributed by atoms with Crippen LogP contribution in [-0.4, -0.2) is 39.4 Å². The summed E-state index contributed by atoms with van der Waals surface area (Å²) in [7, 11) is -3.91. The van der Waals surface area contributed by atoms with Gasteiger partial charge >= 0.3 is 0 Å². The van der Waals surface area contributed by atoms with E-state index in [1.165, 1.54) is 89.2 Å². The van der Waals surface area contributed by atoms with Crippen LogP contribution in [-0.2, 0) is 19.0 Å². The maximum Gasteiger partial charge on any atom is 0.297 e. The average molecular weight is 497 g/mol. The van der Waals surface area contributed by atoms with E-state index in [0.717, 1.165) is 18.4 Å². The number of allylic oxidation sites excluding steroid dienone is 2. The van der Waals surface area contributed by atoms with Crippen molar-refractivity contribution in [1.29, 1.82) is 0 Å². The Balaban J connectivity index is 1.98. The lowest BCUT2D eigenvalue weighted by Crippen LogP contribution is -2.27. The minimum atomic E-state index is -3.91. The van der Waals surface area contributed by atoms with Crippen molar-refractivity contribution in [3.05, 3.63) is 42.0 Å². The van der Waals surface area contributed by atoms with Gasteiger partial charge in [-0.15, -0.1) is 0 Å². The number of benzene rings is 1. The first-order valence-electron chi connectivity index (χ1n) is 13.3. The first-order valence-corrected chi connectivity index (χ1v) is 14.7. The number of aliphatic hydroxyl groups is 1. The Labute approximate surface area is 209 Å². The zero-order valence-electron chi connectivity index (χ0n) is 21.6. The third kappa shape index (κ3) is 15.6. The van der Waals surface area contributed by atoms with Gasteiger partial charge in [-0.3, -0.25) is 4.18 Å². The summed E-state index contributed by atoms with van der Waals surface area (Å²) in [6.07, 6.45) is 21.4. The first kappa shape index (κ1) is 30.8. The highest BCUT2D eigenvalue weighted by molar-refractivity contribution is 7.86. The lowest BCUT2D eigenvalue weighted by molar-refractivity contribution is 0.0220. The van der Waals surface area contributed by atoms with Crippen molar-refractivity contribution in [1.82, 2.24) is 0 Å². The highest BCUT2D eigenvalue weighted by atomic mass is 32.2. The smallest absolute Gasteiger partial charge is 0.297 e. The predicted octanol–water partition coefficient (Wildman–Crippen LogP) is 7.12. The largest absolute Gasteiger partial charge is 0.394 e. The molecule has 34 heavy (non-hydrogen) atoms. The van der Waals surface area contributed by atoms with Crippen LogP contribution in [0.2, 0.25) is 0 Å². The zero-order chi connectivity index (χ0) is 24.9. The minimum absolute atomic E-state index is 0.0622.